The molecule has 1 aromatic carbocycles. The number of aromatic nitrogens is 4. The van der Waals surface area contributed by atoms with Crippen molar-refractivity contribution in [2.24, 2.45) is 0 Å². The predicted molar refractivity (Wildman–Crippen MR) is 148 cm³/mol. The molecule has 5 N–H and O–H groups in total. The largest absolute Gasteiger partial charge is 0.496 e. The van der Waals surface area contributed by atoms with Crippen molar-refractivity contribution in [3.63, 3.8) is 0 Å². The minimum absolute atomic E-state index is 0.0358. The summed E-state index contributed by atoms with van der Waals surface area (Å²) < 4.78 is 13.1. The van der Waals surface area contributed by atoms with Gasteiger partial charge in [-0.2, -0.15) is 10.1 Å². The van der Waals surface area contributed by atoms with Crippen LogP contribution < -0.4 is 26.4 Å². The quantitative estimate of drug-likeness (QED) is 0.266. The molecule has 0 spiro atoms. The second kappa shape index (κ2) is 13.4. The first-order valence-corrected chi connectivity index (χ1v) is 13.4. The zero-order valence-corrected chi connectivity index (χ0v) is 22.6. The number of anilines is 2. The first-order chi connectivity index (χ1) is 18.5. The summed E-state index contributed by atoms with van der Waals surface area (Å²) in [6.45, 7) is 7.16. The van der Waals surface area contributed by atoms with Crippen LogP contribution in [-0.4, -0.2) is 64.6 Å². The molecule has 3 aromatic rings. The number of methoxy groups -OCH3 is 1. The number of ether oxygens (including phenoxy) is 2. The third kappa shape index (κ3) is 7.32. The average molecular weight is 525 g/mol. The van der Waals surface area contributed by atoms with E-state index < -0.39 is 0 Å². The molecule has 1 amide bonds. The Bertz CT molecular complexity index is 1210. The second-order valence-corrected chi connectivity index (χ2v) is 9.78. The van der Waals surface area contributed by atoms with E-state index in [1.807, 2.05) is 4.68 Å². The maximum atomic E-state index is 11.3. The van der Waals surface area contributed by atoms with Gasteiger partial charge in [0.05, 0.1) is 19.9 Å². The standard InChI is InChI=1S/C27H40N8O3/c1-4-5-22(8-11-29-18(2)36)32-26-25-23(33-27(28)34-26)16-31-35(25)17-20-7-6-19(14-24(20)37-3)15-30-21-9-12-38-13-10-21/h6-7,14,16,21-22,30H,4-5,8-13,15,17H2,1-3H3,(H,29,36)(H3,28,32,33,34)/t22-/m0/s1. The summed E-state index contributed by atoms with van der Waals surface area (Å²) in [6, 6.07) is 6.90. The van der Waals surface area contributed by atoms with Crippen molar-refractivity contribution in [1.82, 2.24) is 30.4 Å². The van der Waals surface area contributed by atoms with Gasteiger partial charge in [-0.15, -0.1) is 0 Å². The first kappa shape index (κ1) is 27.6. The minimum atomic E-state index is -0.0358. The summed E-state index contributed by atoms with van der Waals surface area (Å²) in [5.74, 6) is 1.61. The van der Waals surface area contributed by atoms with Crippen LogP contribution in [0.1, 0.15) is 57.1 Å². The predicted octanol–water partition coefficient (Wildman–Crippen LogP) is 2.84. The van der Waals surface area contributed by atoms with Crippen molar-refractivity contribution in [1.29, 1.82) is 0 Å². The molecule has 1 atom stereocenters. The molecule has 1 saturated heterocycles. The summed E-state index contributed by atoms with van der Waals surface area (Å²) in [4.78, 5) is 20.3. The lowest BCUT2D eigenvalue weighted by molar-refractivity contribution is -0.118. The third-order valence-corrected chi connectivity index (χ3v) is 6.84. The van der Waals surface area contributed by atoms with Crippen molar-refractivity contribution in [3.8, 4) is 5.75 Å². The van der Waals surface area contributed by atoms with E-state index in [9.17, 15) is 4.79 Å². The van der Waals surface area contributed by atoms with Gasteiger partial charge in [0.1, 0.15) is 16.8 Å². The molecular formula is C27H40N8O3. The lowest BCUT2D eigenvalue weighted by Crippen LogP contribution is -2.34. The van der Waals surface area contributed by atoms with E-state index in [2.05, 4.69) is 56.1 Å². The van der Waals surface area contributed by atoms with Gasteiger partial charge in [-0.3, -0.25) is 9.48 Å². The van der Waals surface area contributed by atoms with Gasteiger partial charge < -0.3 is 31.2 Å². The maximum Gasteiger partial charge on any atom is 0.222 e. The smallest absolute Gasteiger partial charge is 0.222 e. The monoisotopic (exact) mass is 524 g/mol. The van der Waals surface area contributed by atoms with Crippen molar-refractivity contribution in [2.75, 3.05) is 37.9 Å². The third-order valence-electron chi connectivity index (χ3n) is 6.84. The Kier molecular flexibility index (Phi) is 9.72. The van der Waals surface area contributed by atoms with Crippen LogP contribution >= 0.6 is 0 Å². The number of nitrogens with one attached hydrogen (secondary N) is 3. The highest BCUT2D eigenvalue weighted by molar-refractivity contribution is 5.86. The summed E-state index contributed by atoms with van der Waals surface area (Å²) in [5.41, 5.74) is 9.66. The van der Waals surface area contributed by atoms with E-state index in [4.69, 9.17) is 15.2 Å². The van der Waals surface area contributed by atoms with Gasteiger partial charge in [-0.1, -0.05) is 25.5 Å². The molecule has 2 aromatic heterocycles. The molecule has 0 radical (unpaired) electrons. The van der Waals surface area contributed by atoms with Crippen molar-refractivity contribution in [3.05, 3.63) is 35.5 Å². The highest BCUT2D eigenvalue weighted by Crippen LogP contribution is 2.27. The first-order valence-electron chi connectivity index (χ1n) is 13.4. The lowest BCUT2D eigenvalue weighted by atomic mass is 10.1. The molecule has 0 saturated carbocycles. The molecule has 4 rings (SSSR count). The van der Waals surface area contributed by atoms with Gasteiger partial charge in [-0.25, -0.2) is 4.98 Å². The van der Waals surface area contributed by atoms with E-state index in [-0.39, 0.29) is 17.9 Å². The van der Waals surface area contributed by atoms with Crippen molar-refractivity contribution >= 4 is 28.7 Å². The van der Waals surface area contributed by atoms with E-state index in [1.54, 1.807) is 13.3 Å². The number of fused-ring (bicyclic) bond motifs is 1. The molecule has 0 aliphatic carbocycles. The Balaban J connectivity index is 1.53. The summed E-state index contributed by atoms with van der Waals surface area (Å²) >= 11 is 0. The average Bonchev–Trinajstić information content (AvgIpc) is 3.31. The Morgan fingerprint density at radius 2 is 2.08 bits per heavy atom. The number of hydrogen-bond donors (Lipinski definition) is 4. The number of nitrogens with two attached hydrogens (primary N) is 1. The number of nitrogens with zero attached hydrogens (tertiary/aromatic N) is 4. The molecule has 1 fully saturated rings. The van der Waals surface area contributed by atoms with Crippen LogP contribution in [-0.2, 0) is 22.6 Å². The lowest BCUT2D eigenvalue weighted by Gasteiger charge is -2.23. The van der Waals surface area contributed by atoms with Gasteiger partial charge in [0.25, 0.3) is 0 Å². The summed E-state index contributed by atoms with van der Waals surface area (Å²) in [7, 11) is 1.69. The van der Waals surface area contributed by atoms with Crippen molar-refractivity contribution < 1.29 is 14.3 Å². The normalized spacial score (nSPS) is 14.9. The fourth-order valence-corrected chi connectivity index (χ4v) is 4.85. The highest BCUT2D eigenvalue weighted by atomic mass is 16.5. The molecule has 0 unspecified atom stereocenters. The molecule has 3 heterocycles. The van der Waals surface area contributed by atoms with E-state index >= 15 is 0 Å². The van der Waals surface area contributed by atoms with Gasteiger partial charge in [0.15, 0.2) is 5.82 Å². The van der Waals surface area contributed by atoms with Crippen LogP contribution in [0.15, 0.2) is 24.4 Å². The number of benzene rings is 1. The number of amides is 1. The number of rotatable bonds is 13. The fourth-order valence-electron chi connectivity index (χ4n) is 4.85. The van der Waals surface area contributed by atoms with Gasteiger partial charge in [-0.05, 0) is 37.3 Å². The highest BCUT2D eigenvalue weighted by Gasteiger charge is 2.18. The zero-order valence-electron chi connectivity index (χ0n) is 22.6. The number of nitrogen functional groups attached to an aromatic ring is 1. The van der Waals surface area contributed by atoms with Crippen LogP contribution in [0, 0.1) is 0 Å². The van der Waals surface area contributed by atoms with Crippen LogP contribution in [0.5, 0.6) is 5.75 Å². The molecule has 11 heteroatoms. The SMILES string of the molecule is CCC[C@@H](CCNC(C)=O)Nc1nc(N)nc2cnn(Cc3ccc(CNC4CCOCC4)cc3OC)c12. The summed E-state index contributed by atoms with van der Waals surface area (Å²) in [5, 5.41) is 14.7. The molecular weight excluding hydrogens is 484 g/mol. The van der Waals surface area contributed by atoms with Crippen LogP contribution in [0.3, 0.4) is 0 Å². The van der Waals surface area contributed by atoms with Crippen molar-refractivity contribution in [2.45, 2.75) is 71.1 Å². The van der Waals surface area contributed by atoms with E-state index in [1.165, 1.54) is 12.5 Å². The Labute approximate surface area is 223 Å². The van der Waals surface area contributed by atoms with Gasteiger partial charge in [0, 0.05) is 50.9 Å². The molecule has 11 nitrogen and oxygen atoms in total. The number of carbonyl (C=O) groups excluding carboxylic acids is 1. The van der Waals surface area contributed by atoms with Crippen LogP contribution in [0.4, 0.5) is 11.8 Å². The van der Waals surface area contributed by atoms with Crippen LogP contribution in [0.2, 0.25) is 0 Å². The number of hydrogen-bond acceptors (Lipinski definition) is 9. The topological polar surface area (TPSA) is 141 Å². The van der Waals surface area contributed by atoms with Crippen LogP contribution in [0.25, 0.3) is 11.0 Å². The van der Waals surface area contributed by atoms with E-state index in [0.29, 0.717) is 30.5 Å². The molecule has 1 aliphatic rings. The Morgan fingerprint density at radius 1 is 1.26 bits per heavy atom. The molecule has 206 valence electrons. The second-order valence-electron chi connectivity index (χ2n) is 9.78. The molecule has 1 aliphatic heterocycles. The maximum absolute atomic E-state index is 11.3. The fraction of sp³-hybridized carbons (Fsp3) is 0.556. The number of carbonyl (C=O) groups is 1. The van der Waals surface area contributed by atoms with E-state index in [0.717, 1.165) is 68.7 Å². The van der Waals surface area contributed by atoms with Gasteiger partial charge in [0.2, 0.25) is 11.9 Å². The Hall–Kier alpha value is -3.44. The molecule has 0 bridgehead atoms. The molecule has 38 heavy (non-hydrogen) atoms. The Morgan fingerprint density at radius 3 is 2.82 bits per heavy atom. The summed E-state index contributed by atoms with van der Waals surface area (Å²) in [6.07, 6.45) is 6.48. The zero-order chi connectivity index (χ0) is 26.9. The van der Waals surface area contributed by atoms with Gasteiger partial charge >= 0.3 is 0 Å². The minimum Gasteiger partial charge on any atom is -0.496 e.